The predicted octanol–water partition coefficient (Wildman–Crippen LogP) is 2.72. The average molecular weight is 287 g/mol. The molecule has 0 aliphatic rings. The molecule has 1 N–H and O–H groups in total. The monoisotopic (exact) mass is 287 g/mol. The number of benzene rings is 1. The molecule has 0 atom stereocenters. The standard InChI is InChI=1S/C11H11F2N3O2S/c1-17-8-4-3-7(5-9(8)18-10(12)13)16-11(19-2)15-6-14/h3-5,10H,1-2H3,(H,15,16). The Bertz CT molecular complexity index is 503. The smallest absolute Gasteiger partial charge is 0.387 e. The van der Waals surface area contributed by atoms with Crippen molar-refractivity contribution in [2.24, 2.45) is 4.99 Å². The average Bonchev–Trinajstić information content (AvgIpc) is 2.38. The number of ether oxygens (including phenoxy) is 2. The van der Waals surface area contributed by atoms with E-state index in [0.29, 0.717) is 10.9 Å². The first-order valence-electron chi connectivity index (χ1n) is 5.01. The van der Waals surface area contributed by atoms with Gasteiger partial charge in [0.05, 0.1) is 12.8 Å². The van der Waals surface area contributed by atoms with Crippen molar-refractivity contribution in [2.45, 2.75) is 6.61 Å². The Balaban J connectivity index is 3.07. The van der Waals surface area contributed by atoms with Gasteiger partial charge in [-0.1, -0.05) is 11.8 Å². The minimum Gasteiger partial charge on any atom is -0.493 e. The SMILES string of the molecule is COc1ccc(N=C(NC#N)SC)cc1OC(F)F. The van der Waals surface area contributed by atoms with Crippen LogP contribution < -0.4 is 14.8 Å². The maximum Gasteiger partial charge on any atom is 0.387 e. The number of amidine groups is 1. The van der Waals surface area contributed by atoms with Crippen LogP contribution in [0.2, 0.25) is 0 Å². The number of nitriles is 1. The molecule has 0 saturated carbocycles. The molecule has 19 heavy (non-hydrogen) atoms. The molecule has 0 fully saturated rings. The Hall–Kier alpha value is -2.01. The van der Waals surface area contributed by atoms with Crippen LogP contribution in [0.3, 0.4) is 0 Å². The van der Waals surface area contributed by atoms with E-state index in [1.807, 2.05) is 0 Å². The van der Waals surface area contributed by atoms with Crippen LogP contribution in [-0.2, 0) is 0 Å². The van der Waals surface area contributed by atoms with Crippen molar-refractivity contribution in [3.8, 4) is 17.7 Å². The molecule has 0 saturated heterocycles. The van der Waals surface area contributed by atoms with Crippen LogP contribution in [-0.4, -0.2) is 25.1 Å². The fraction of sp³-hybridized carbons (Fsp3) is 0.273. The molecule has 0 amide bonds. The van der Waals surface area contributed by atoms with Gasteiger partial charge in [0.15, 0.2) is 22.9 Å². The molecule has 0 aliphatic carbocycles. The van der Waals surface area contributed by atoms with Crippen LogP contribution in [0.5, 0.6) is 11.5 Å². The predicted molar refractivity (Wildman–Crippen MR) is 69.0 cm³/mol. The van der Waals surface area contributed by atoms with Crippen LogP contribution in [0.1, 0.15) is 0 Å². The lowest BCUT2D eigenvalue weighted by molar-refractivity contribution is -0.0511. The van der Waals surface area contributed by atoms with E-state index >= 15 is 0 Å². The summed E-state index contributed by atoms with van der Waals surface area (Å²) in [6.45, 7) is -2.95. The molecular formula is C11H11F2N3O2S. The maximum absolute atomic E-state index is 12.2. The van der Waals surface area contributed by atoms with Crippen molar-refractivity contribution >= 4 is 22.6 Å². The summed E-state index contributed by atoms with van der Waals surface area (Å²) in [5, 5.41) is 11.2. The molecule has 0 spiro atoms. The normalized spacial score (nSPS) is 11.1. The Morgan fingerprint density at radius 2 is 2.21 bits per heavy atom. The van der Waals surface area contributed by atoms with Crippen molar-refractivity contribution in [1.29, 1.82) is 5.26 Å². The zero-order valence-electron chi connectivity index (χ0n) is 10.2. The molecule has 0 aliphatic heterocycles. The second-order valence-corrected chi connectivity index (χ2v) is 3.87. The van der Waals surface area contributed by atoms with Crippen LogP contribution in [0.25, 0.3) is 0 Å². The van der Waals surface area contributed by atoms with Crippen molar-refractivity contribution in [3.63, 3.8) is 0 Å². The first kappa shape index (κ1) is 15.0. The van der Waals surface area contributed by atoms with Gasteiger partial charge in [-0.2, -0.15) is 14.0 Å². The minimum atomic E-state index is -2.95. The highest BCUT2D eigenvalue weighted by Gasteiger charge is 2.11. The summed E-state index contributed by atoms with van der Waals surface area (Å²) in [5.41, 5.74) is 0.364. The highest BCUT2D eigenvalue weighted by Crippen LogP contribution is 2.32. The summed E-state index contributed by atoms with van der Waals surface area (Å²) in [6.07, 6.45) is 3.46. The van der Waals surface area contributed by atoms with Gasteiger partial charge in [-0.3, -0.25) is 5.32 Å². The second-order valence-electron chi connectivity index (χ2n) is 3.07. The summed E-state index contributed by atoms with van der Waals surface area (Å²) in [6, 6.07) is 4.33. The van der Waals surface area contributed by atoms with Gasteiger partial charge in [0, 0.05) is 6.07 Å². The summed E-state index contributed by atoms with van der Waals surface area (Å²) in [4.78, 5) is 4.08. The van der Waals surface area contributed by atoms with Crippen LogP contribution >= 0.6 is 11.8 Å². The van der Waals surface area contributed by atoms with E-state index in [0.717, 1.165) is 0 Å². The van der Waals surface area contributed by atoms with Gasteiger partial charge in [0.25, 0.3) is 0 Å². The van der Waals surface area contributed by atoms with Gasteiger partial charge in [0.2, 0.25) is 0 Å². The third-order valence-corrected chi connectivity index (χ3v) is 2.53. The molecule has 0 aromatic heterocycles. The zero-order valence-corrected chi connectivity index (χ0v) is 11.0. The molecule has 5 nitrogen and oxygen atoms in total. The summed E-state index contributed by atoms with van der Waals surface area (Å²) in [5.74, 6) is 0.0642. The lowest BCUT2D eigenvalue weighted by Crippen LogP contribution is -2.12. The molecule has 0 radical (unpaired) electrons. The number of hydrogen-bond acceptors (Lipinski definition) is 5. The van der Waals surface area contributed by atoms with Crippen molar-refractivity contribution < 1.29 is 18.3 Å². The minimum absolute atomic E-state index is 0.115. The Labute approximate surface area is 113 Å². The Morgan fingerprint density at radius 1 is 1.47 bits per heavy atom. The van der Waals surface area contributed by atoms with Crippen molar-refractivity contribution in [1.82, 2.24) is 5.32 Å². The van der Waals surface area contributed by atoms with E-state index < -0.39 is 6.61 Å². The largest absolute Gasteiger partial charge is 0.493 e. The first-order chi connectivity index (χ1) is 9.10. The second kappa shape index (κ2) is 7.43. The summed E-state index contributed by atoms with van der Waals surface area (Å²) < 4.78 is 33.7. The molecule has 1 aromatic carbocycles. The maximum atomic E-state index is 12.2. The lowest BCUT2D eigenvalue weighted by Gasteiger charge is -2.10. The number of aliphatic imine (C=N–C) groups is 1. The summed E-state index contributed by atoms with van der Waals surface area (Å²) in [7, 11) is 1.35. The Morgan fingerprint density at radius 3 is 2.74 bits per heavy atom. The van der Waals surface area contributed by atoms with E-state index in [1.165, 1.54) is 31.0 Å². The van der Waals surface area contributed by atoms with Crippen LogP contribution in [0.4, 0.5) is 14.5 Å². The van der Waals surface area contributed by atoms with Gasteiger partial charge in [-0.05, 0) is 18.4 Å². The fourth-order valence-electron chi connectivity index (χ4n) is 1.21. The van der Waals surface area contributed by atoms with Crippen LogP contribution in [0.15, 0.2) is 23.2 Å². The van der Waals surface area contributed by atoms with E-state index in [4.69, 9.17) is 10.00 Å². The number of hydrogen-bond donors (Lipinski definition) is 1. The fourth-order valence-corrected chi connectivity index (χ4v) is 1.56. The van der Waals surface area contributed by atoms with E-state index in [9.17, 15) is 8.78 Å². The van der Waals surface area contributed by atoms with E-state index in [-0.39, 0.29) is 11.5 Å². The molecule has 0 heterocycles. The number of thioether (sulfide) groups is 1. The van der Waals surface area contributed by atoms with E-state index in [1.54, 1.807) is 18.5 Å². The molecule has 1 aromatic rings. The number of nitrogens with zero attached hydrogens (tertiary/aromatic N) is 2. The van der Waals surface area contributed by atoms with Crippen molar-refractivity contribution in [3.05, 3.63) is 18.2 Å². The Kier molecular flexibility index (Phi) is 5.89. The zero-order chi connectivity index (χ0) is 14.3. The third-order valence-electron chi connectivity index (χ3n) is 1.95. The molecule has 8 heteroatoms. The lowest BCUT2D eigenvalue weighted by atomic mass is 10.3. The quantitative estimate of drug-likeness (QED) is 0.399. The van der Waals surface area contributed by atoms with E-state index in [2.05, 4.69) is 15.0 Å². The number of methoxy groups -OCH3 is 1. The number of halogens is 2. The van der Waals surface area contributed by atoms with Gasteiger partial charge in [0.1, 0.15) is 0 Å². The molecule has 0 bridgehead atoms. The molecule has 102 valence electrons. The molecular weight excluding hydrogens is 276 g/mol. The third kappa shape index (κ3) is 4.63. The number of alkyl halides is 2. The molecule has 0 unspecified atom stereocenters. The highest BCUT2D eigenvalue weighted by molar-refractivity contribution is 8.13. The topological polar surface area (TPSA) is 66.6 Å². The van der Waals surface area contributed by atoms with Gasteiger partial charge in [-0.15, -0.1) is 0 Å². The van der Waals surface area contributed by atoms with Crippen LogP contribution in [0, 0.1) is 11.5 Å². The van der Waals surface area contributed by atoms with Gasteiger partial charge < -0.3 is 9.47 Å². The number of rotatable bonds is 4. The number of nitrogens with one attached hydrogen (secondary N) is 1. The molecule has 1 rings (SSSR count). The first-order valence-corrected chi connectivity index (χ1v) is 6.23. The van der Waals surface area contributed by atoms with Gasteiger partial charge >= 0.3 is 6.61 Å². The highest BCUT2D eigenvalue weighted by atomic mass is 32.2. The van der Waals surface area contributed by atoms with Crippen molar-refractivity contribution in [2.75, 3.05) is 13.4 Å². The summed E-state index contributed by atoms with van der Waals surface area (Å²) >= 11 is 1.22. The van der Waals surface area contributed by atoms with Gasteiger partial charge in [-0.25, -0.2) is 4.99 Å².